The summed E-state index contributed by atoms with van der Waals surface area (Å²) in [6, 6.07) is 12.6. The van der Waals surface area contributed by atoms with E-state index >= 15 is 0 Å². The maximum atomic E-state index is 12.5. The highest BCUT2D eigenvalue weighted by molar-refractivity contribution is 7.89. The van der Waals surface area contributed by atoms with Crippen molar-refractivity contribution in [3.63, 3.8) is 0 Å². The normalized spacial score (nSPS) is 15.2. The van der Waals surface area contributed by atoms with Crippen LogP contribution in [-0.2, 0) is 24.3 Å². The lowest BCUT2D eigenvalue weighted by Crippen LogP contribution is -2.43. The molecule has 0 spiro atoms. The van der Waals surface area contributed by atoms with Crippen molar-refractivity contribution < 1.29 is 22.7 Å². The molecule has 2 aromatic rings. The highest BCUT2D eigenvalue weighted by atomic mass is 32.2. The molecule has 0 bridgehead atoms. The van der Waals surface area contributed by atoms with Crippen molar-refractivity contribution in [2.45, 2.75) is 17.9 Å². The molecule has 0 aliphatic carbocycles. The summed E-state index contributed by atoms with van der Waals surface area (Å²) in [5.74, 6) is -0.572. The van der Waals surface area contributed by atoms with Gasteiger partial charge in [0.1, 0.15) is 0 Å². The number of nitrogens with two attached hydrogens (primary N) is 1. The maximum Gasteiger partial charge on any atom is 0.241 e. The van der Waals surface area contributed by atoms with E-state index in [2.05, 4.69) is 15.5 Å². The van der Waals surface area contributed by atoms with Crippen molar-refractivity contribution in [2.24, 2.45) is 5.14 Å². The molecule has 1 heterocycles. The highest BCUT2D eigenvalue weighted by Crippen LogP contribution is 2.19. The van der Waals surface area contributed by atoms with Gasteiger partial charge < -0.3 is 20.3 Å². The van der Waals surface area contributed by atoms with E-state index in [9.17, 15) is 18.0 Å². The van der Waals surface area contributed by atoms with Crippen LogP contribution >= 0.6 is 0 Å². The van der Waals surface area contributed by atoms with E-state index in [0.717, 1.165) is 18.8 Å². The van der Waals surface area contributed by atoms with Crippen LogP contribution in [0.25, 0.3) is 0 Å². The van der Waals surface area contributed by atoms with E-state index in [4.69, 9.17) is 9.88 Å². The number of amides is 2. The minimum absolute atomic E-state index is 0.0180. The Morgan fingerprint density at radius 3 is 2.15 bits per heavy atom. The first-order valence-electron chi connectivity index (χ1n) is 10.5. The number of sulfonamides is 1. The maximum absolute atomic E-state index is 12.5. The van der Waals surface area contributed by atoms with E-state index in [1.807, 2.05) is 24.3 Å². The van der Waals surface area contributed by atoms with E-state index in [1.165, 1.54) is 24.3 Å². The second kappa shape index (κ2) is 10.8. The number of rotatable bonds is 8. The number of hydrogen-bond donors (Lipinski definition) is 3. The van der Waals surface area contributed by atoms with Crippen LogP contribution in [0.1, 0.15) is 6.92 Å². The number of anilines is 3. The minimum atomic E-state index is -3.80. The van der Waals surface area contributed by atoms with Crippen LogP contribution in [0.3, 0.4) is 0 Å². The summed E-state index contributed by atoms with van der Waals surface area (Å²) in [5.41, 5.74) is 2.19. The standard InChI is InChI=1S/C22H29N5O5S/c1-16(22(29)25-18-5-9-20(10-6-18)33(23,30)31)26(2)15-21(28)24-17-3-7-19(8-4-17)27-11-13-32-14-12-27/h3-10,16H,11-15H2,1-2H3,(H,24,28)(H,25,29)(H2,23,30,31)/t16-/m1/s1. The fraction of sp³-hybridized carbons (Fsp3) is 0.364. The monoisotopic (exact) mass is 475 g/mol. The SMILES string of the molecule is C[C@H](C(=O)Nc1ccc(S(N)(=O)=O)cc1)N(C)CC(=O)Nc1ccc(N2CCOCC2)cc1. The van der Waals surface area contributed by atoms with Crippen LogP contribution in [0.4, 0.5) is 17.1 Å². The number of benzene rings is 2. The second-order valence-electron chi connectivity index (χ2n) is 7.84. The molecule has 1 aliphatic heterocycles. The Kier molecular flexibility index (Phi) is 8.03. The molecular weight excluding hydrogens is 446 g/mol. The molecule has 33 heavy (non-hydrogen) atoms. The van der Waals surface area contributed by atoms with Gasteiger partial charge in [-0.05, 0) is 62.5 Å². The van der Waals surface area contributed by atoms with Gasteiger partial charge in [-0.15, -0.1) is 0 Å². The zero-order chi connectivity index (χ0) is 24.0. The van der Waals surface area contributed by atoms with Gasteiger partial charge in [-0.2, -0.15) is 0 Å². The number of nitrogens with one attached hydrogen (secondary N) is 2. The lowest BCUT2D eigenvalue weighted by molar-refractivity contribution is -0.122. The predicted molar refractivity (Wildman–Crippen MR) is 127 cm³/mol. The van der Waals surface area contributed by atoms with E-state index in [0.29, 0.717) is 24.6 Å². The fourth-order valence-electron chi connectivity index (χ4n) is 3.32. The lowest BCUT2D eigenvalue weighted by atomic mass is 10.2. The van der Waals surface area contributed by atoms with E-state index in [1.54, 1.807) is 18.9 Å². The Bertz CT molecular complexity index is 1070. The van der Waals surface area contributed by atoms with Gasteiger partial charge in [0.15, 0.2) is 0 Å². The van der Waals surface area contributed by atoms with Crippen molar-refractivity contribution in [2.75, 3.05) is 55.4 Å². The molecular formula is C22H29N5O5S. The number of nitrogens with zero attached hydrogens (tertiary/aromatic N) is 2. The largest absolute Gasteiger partial charge is 0.378 e. The summed E-state index contributed by atoms with van der Waals surface area (Å²) < 4.78 is 28.0. The summed E-state index contributed by atoms with van der Waals surface area (Å²) in [4.78, 5) is 28.8. The van der Waals surface area contributed by atoms with Gasteiger partial charge in [0.25, 0.3) is 0 Å². The molecule has 0 radical (unpaired) electrons. The molecule has 0 aromatic heterocycles. The molecule has 11 heteroatoms. The number of carbonyl (C=O) groups excluding carboxylic acids is 2. The Morgan fingerprint density at radius 2 is 1.58 bits per heavy atom. The molecule has 3 rings (SSSR count). The van der Waals surface area contributed by atoms with Crippen molar-refractivity contribution in [1.29, 1.82) is 0 Å². The van der Waals surface area contributed by atoms with Gasteiger partial charge >= 0.3 is 0 Å². The summed E-state index contributed by atoms with van der Waals surface area (Å²) in [5, 5.41) is 10.6. The van der Waals surface area contributed by atoms with Gasteiger partial charge in [0.05, 0.1) is 30.7 Å². The molecule has 0 unspecified atom stereocenters. The van der Waals surface area contributed by atoms with Crippen LogP contribution in [0.5, 0.6) is 0 Å². The third kappa shape index (κ3) is 6.99. The van der Waals surface area contributed by atoms with Gasteiger partial charge in [0, 0.05) is 30.2 Å². The van der Waals surface area contributed by atoms with Crippen molar-refractivity contribution in [1.82, 2.24) is 4.90 Å². The zero-order valence-electron chi connectivity index (χ0n) is 18.7. The molecule has 178 valence electrons. The average Bonchev–Trinajstić information content (AvgIpc) is 2.79. The summed E-state index contributed by atoms with van der Waals surface area (Å²) in [6.07, 6.45) is 0. The number of carbonyl (C=O) groups is 2. The molecule has 2 aromatic carbocycles. The minimum Gasteiger partial charge on any atom is -0.378 e. The quantitative estimate of drug-likeness (QED) is 0.520. The van der Waals surface area contributed by atoms with E-state index < -0.39 is 16.1 Å². The highest BCUT2D eigenvalue weighted by Gasteiger charge is 2.21. The van der Waals surface area contributed by atoms with Crippen LogP contribution in [0.15, 0.2) is 53.4 Å². The molecule has 1 aliphatic rings. The van der Waals surface area contributed by atoms with Crippen LogP contribution in [0, 0.1) is 0 Å². The van der Waals surface area contributed by atoms with Crippen molar-refractivity contribution in [3.8, 4) is 0 Å². The van der Waals surface area contributed by atoms with E-state index in [-0.39, 0.29) is 23.3 Å². The van der Waals surface area contributed by atoms with Gasteiger partial charge in [-0.1, -0.05) is 0 Å². The molecule has 1 atom stereocenters. The second-order valence-corrected chi connectivity index (χ2v) is 9.41. The Morgan fingerprint density at radius 1 is 1.03 bits per heavy atom. The molecule has 10 nitrogen and oxygen atoms in total. The van der Waals surface area contributed by atoms with Gasteiger partial charge in [0.2, 0.25) is 21.8 Å². The molecule has 2 amide bonds. The number of ether oxygens (including phenoxy) is 1. The van der Waals surface area contributed by atoms with Crippen LogP contribution < -0.4 is 20.7 Å². The molecule has 1 fully saturated rings. The molecule has 0 saturated carbocycles. The first-order valence-corrected chi connectivity index (χ1v) is 12.0. The van der Waals surface area contributed by atoms with Crippen LogP contribution in [0.2, 0.25) is 0 Å². The zero-order valence-corrected chi connectivity index (χ0v) is 19.5. The Labute approximate surface area is 193 Å². The number of likely N-dealkylation sites (N-methyl/N-ethyl adjacent to an activating group) is 1. The molecule has 1 saturated heterocycles. The third-order valence-corrected chi connectivity index (χ3v) is 6.34. The lowest BCUT2D eigenvalue weighted by Gasteiger charge is -2.29. The fourth-order valence-corrected chi connectivity index (χ4v) is 3.83. The summed E-state index contributed by atoms with van der Waals surface area (Å²) in [7, 11) is -2.12. The smallest absolute Gasteiger partial charge is 0.241 e. The predicted octanol–water partition coefficient (Wildman–Crippen LogP) is 1.07. The van der Waals surface area contributed by atoms with Gasteiger partial charge in [-0.25, -0.2) is 13.6 Å². The summed E-state index contributed by atoms with van der Waals surface area (Å²) >= 11 is 0. The van der Waals surface area contributed by atoms with Crippen LogP contribution in [-0.4, -0.2) is 71.1 Å². The van der Waals surface area contributed by atoms with Crippen molar-refractivity contribution in [3.05, 3.63) is 48.5 Å². The number of hydrogen-bond acceptors (Lipinski definition) is 7. The first-order chi connectivity index (χ1) is 15.6. The average molecular weight is 476 g/mol. The third-order valence-electron chi connectivity index (χ3n) is 5.41. The molecule has 4 N–H and O–H groups in total. The van der Waals surface area contributed by atoms with Gasteiger partial charge in [-0.3, -0.25) is 14.5 Å². The van der Waals surface area contributed by atoms with Crippen molar-refractivity contribution >= 4 is 38.9 Å². The number of primary sulfonamides is 1. The first kappa shape index (κ1) is 24.6. The Balaban J connectivity index is 1.49. The summed E-state index contributed by atoms with van der Waals surface area (Å²) in [6.45, 7) is 4.79. The Hall–Kier alpha value is -2.99. The number of morpholine rings is 1. The topological polar surface area (TPSA) is 134 Å².